The van der Waals surface area contributed by atoms with Gasteiger partial charge in [-0.05, 0) is 33.4 Å². The van der Waals surface area contributed by atoms with Crippen LogP contribution in [0.1, 0.15) is 33.4 Å². The molecular weight excluding hydrogens is 663 g/mol. The second-order valence-electron chi connectivity index (χ2n) is 10.3. The molecule has 0 saturated carbocycles. The molecule has 0 aromatic heterocycles. The van der Waals surface area contributed by atoms with Gasteiger partial charge in [0, 0.05) is 30.0 Å². The van der Waals surface area contributed by atoms with Crippen LogP contribution in [-0.4, -0.2) is 36.8 Å². The lowest BCUT2D eigenvalue weighted by atomic mass is 10.1. The van der Waals surface area contributed by atoms with Crippen molar-refractivity contribution in [1.82, 2.24) is 9.80 Å². The minimum Gasteiger partial charge on any atom is -0.350 e. The highest BCUT2D eigenvalue weighted by Crippen LogP contribution is 2.53. The number of hydrogen-bond donors (Lipinski definition) is 2. The van der Waals surface area contributed by atoms with Crippen LogP contribution in [-0.2, 0) is 36.6 Å². The van der Waals surface area contributed by atoms with Gasteiger partial charge in [-0.25, -0.2) is 4.79 Å². The van der Waals surface area contributed by atoms with E-state index in [4.69, 9.17) is 0 Å². The third-order valence-corrected chi connectivity index (χ3v) is 11.2. The summed E-state index contributed by atoms with van der Waals surface area (Å²) in [7, 11) is -3.81. The van der Waals surface area contributed by atoms with Gasteiger partial charge >= 0.3 is 6.03 Å². The number of carbonyl (C=O) groups excluding carboxylic acids is 1. The molecule has 2 N–H and O–H groups in total. The van der Waals surface area contributed by atoms with Gasteiger partial charge in [0.1, 0.15) is 5.78 Å². The number of amides is 2. The second kappa shape index (κ2) is 13.5. The van der Waals surface area contributed by atoms with Crippen molar-refractivity contribution in [2.24, 2.45) is 0 Å². The zero-order valence-corrected chi connectivity index (χ0v) is 26.7. The van der Waals surface area contributed by atoms with E-state index in [0.29, 0.717) is 11.8 Å². The van der Waals surface area contributed by atoms with E-state index in [1.165, 1.54) is 0 Å². The molecule has 5 rings (SSSR count). The fourth-order valence-electron chi connectivity index (χ4n) is 5.17. The number of carbonyl (C=O) groups is 1. The largest absolute Gasteiger partial charge is 0.350 e. The standard InChI is InChI=1S/C33H33Br2N2O3P/c34-21-27-11-15-29(16-12-27)23-36-31(19-25-7-3-1-4-8-25)41(39,40)32(20-26-9-5-2-6-10-26)37(33(36)38)24-30-17-13-28(22-35)14-18-30/h1-18,31,39-40H,19-24H2. The number of benzene rings is 4. The van der Waals surface area contributed by atoms with Crippen LogP contribution in [0.5, 0.6) is 0 Å². The predicted molar refractivity (Wildman–Crippen MR) is 175 cm³/mol. The van der Waals surface area contributed by atoms with Crippen molar-refractivity contribution in [3.05, 3.63) is 143 Å². The smallest absolute Gasteiger partial charge is 0.325 e. The van der Waals surface area contributed by atoms with Crippen LogP contribution in [0.25, 0.3) is 0 Å². The number of alkyl halides is 2. The van der Waals surface area contributed by atoms with Gasteiger partial charge in [-0.1, -0.05) is 141 Å². The van der Waals surface area contributed by atoms with Crippen molar-refractivity contribution >= 4 is 50.6 Å². The van der Waals surface area contributed by atoms with E-state index in [1.54, 1.807) is 9.80 Å². The molecule has 0 spiro atoms. The van der Waals surface area contributed by atoms with Crippen LogP contribution in [0.3, 0.4) is 0 Å². The molecule has 0 radical (unpaired) electrons. The SMILES string of the molecule is O=C1N(Cc2ccc(CBr)cc2)C(Cc2ccccc2)=P(O)(O)C(Cc2ccccc2)N1Cc1ccc(CBr)cc1. The lowest BCUT2D eigenvalue weighted by Crippen LogP contribution is -2.56. The van der Waals surface area contributed by atoms with Gasteiger partial charge in [-0.3, -0.25) is 4.90 Å². The number of halogens is 2. The molecule has 212 valence electrons. The Kier molecular flexibility index (Phi) is 9.84. The van der Waals surface area contributed by atoms with Crippen molar-refractivity contribution in [3.63, 3.8) is 0 Å². The molecule has 1 heterocycles. The Hall–Kier alpha value is -2.67. The summed E-state index contributed by atoms with van der Waals surface area (Å²) >= 11 is 6.99. The first-order valence-electron chi connectivity index (χ1n) is 13.5. The zero-order valence-electron chi connectivity index (χ0n) is 22.6. The minimum atomic E-state index is -3.81. The van der Waals surface area contributed by atoms with Gasteiger partial charge in [0.25, 0.3) is 0 Å². The zero-order chi connectivity index (χ0) is 28.8. The van der Waals surface area contributed by atoms with Gasteiger partial charge in [-0.2, -0.15) is 0 Å². The Bertz CT molecular complexity index is 1510. The summed E-state index contributed by atoms with van der Waals surface area (Å²) in [5, 5.41) is 1.49. The van der Waals surface area contributed by atoms with E-state index in [2.05, 4.69) is 31.9 Å². The number of nitrogens with zero attached hydrogens (tertiary/aromatic N) is 2. The topological polar surface area (TPSA) is 64.0 Å². The Morgan fingerprint density at radius 1 is 0.610 bits per heavy atom. The maximum atomic E-state index is 14.5. The molecule has 0 bridgehead atoms. The summed E-state index contributed by atoms with van der Waals surface area (Å²) in [5.74, 6) is -0.779. The highest BCUT2D eigenvalue weighted by molar-refractivity contribution is 9.08. The summed E-state index contributed by atoms with van der Waals surface area (Å²) in [6.07, 6.45) is 0.630. The average Bonchev–Trinajstić information content (AvgIpc) is 3.01. The highest BCUT2D eigenvalue weighted by Gasteiger charge is 2.45. The molecule has 5 nitrogen and oxygen atoms in total. The molecule has 2 amide bonds. The molecule has 0 fully saturated rings. The molecule has 1 aliphatic rings. The monoisotopic (exact) mass is 694 g/mol. The highest BCUT2D eigenvalue weighted by atomic mass is 79.9. The maximum absolute atomic E-state index is 14.5. The summed E-state index contributed by atoms with van der Waals surface area (Å²) < 4.78 is 0. The molecule has 41 heavy (non-hydrogen) atoms. The van der Waals surface area contributed by atoms with Gasteiger partial charge in [-0.15, -0.1) is 0 Å². The first-order valence-corrected chi connectivity index (χ1v) is 17.5. The lowest BCUT2D eigenvalue weighted by molar-refractivity contribution is 0.154. The first kappa shape index (κ1) is 29.8. The van der Waals surface area contributed by atoms with Gasteiger partial charge in [0.15, 0.2) is 7.34 Å². The third kappa shape index (κ3) is 7.04. The molecule has 4 aromatic rings. The summed E-state index contributed by atoms with van der Waals surface area (Å²) in [4.78, 5) is 42.1. The fraction of sp³-hybridized carbons (Fsp3) is 0.212. The average molecular weight is 696 g/mol. The summed E-state index contributed by atoms with van der Waals surface area (Å²) in [5.41, 5.74) is 6.42. The van der Waals surface area contributed by atoms with E-state index in [-0.39, 0.29) is 25.5 Å². The van der Waals surface area contributed by atoms with E-state index in [1.807, 2.05) is 109 Å². The van der Waals surface area contributed by atoms with Crippen LogP contribution >= 0.6 is 39.2 Å². The molecule has 8 heteroatoms. The summed E-state index contributed by atoms with van der Waals surface area (Å²) in [6, 6.07) is 35.4. The van der Waals surface area contributed by atoms with Crippen molar-refractivity contribution in [2.45, 2.75) is 42.4 Å². The number of rotatable bonds is 10. The normalized spacial score (nSPS) is 16.7. The molecule has 0 saturated heterocycles. The quantitative estimate of drug-likeness (QED) is 0.132. The Morgan fingerprint density at radius 2 is 1.07 bits per heavy atom. The molecule has 1 atom stereocenters. The van der Waals surface area contributed by atoms with Crippen LogP contribution in [0.2, 0.25) is 0 Å². The van der Waals surface area contributed by atoms with E-state index >= 15 is 0 Å². The van der Waals surface area contributed by atoms with Crippen LogP contribution in [0.4, 0.5) is 4.79 Å². The maximum Gasteiger partial charge on any atom is 0.325 e. The predicted octanol–water partition coefficient (Wildman–Crippen LogP) is 7.69. The Labute approximate surface area is 258 Å². The van der Waals surface area contributed by atoms with E-state index in [9.17, 15) is 14.6 Å². The van der Waals surface area contributed by atoms with Crippen LogP contribution < -0.4 is 0 Å². The molecule has 1 aliphatic heterocycles. The molecular formula is C33H33Br2N2O3P. The first-order chi connectivity index (χ1) is 19.9. The van der Waals surface area contributed by atoms with E-state index < -0.39 is 13.1 Å². The number of urea groups is 1. The second-order valence-corrected chi connectivity index (χ2v) is 13.8. The van der Waals surface area contributed by atoms with Crippen molar-refractivity contribution < 1.29 is 14.6 Å². The van der Waals surface area contributed by atoms with E-state index in [0.717, 1.165) is 44.0 Å². The number of hydrogen-bond acceptors (Lipinski definition) is 3. The summed E-state index contributed by atoms with van der Waals surface area (Å²) in [6.45, 7) is 0.531. The molecule has 0 aliphatic carbocycles. The van der Waals surface area contributed by atoms with Crippen LogP contribution in [0.15, 0.2) is 109 Å². The van der Waals surface area contributed by atoms with Crippen molar-refractivity contribution in [1.29, 1.82) is 0 Å². The molecule has 1 unspecified atom stereocenters. The van der Waals surface area contributed by atoms with Gasteiger partial charge in [0.05, 0.1) is 12.0 Å². The Balaban J connectivity index is 1.61. The van der Waals surface area contributed by atoms with Gasteiger partial charge < -0.3 is 14.7 Å². The lowest BCUT2D eigenvalue weighted by Gasteiger charge is -2.46. The third-order valence-electron chi connectivity index (χ3n) is 7.46. The van der Waals surface area contributed by atoms with Gasteiger partial charge in [0.2, 0.25) is 0 Å². The molecule has 4 aromatic carbocycles. The Morgan fingerprint density at radius 3 is 1.59 bits per heavy atom. The van der Waals surface area contributed by atoms with Crippen molar-refractivity contribution in [2.75, 3.05) is 0 Å². The fourth-order valence-corrected chi connectivity index (χ4v) is 8.22. The minimum absolute atomic E-state index is 0.218. The van der Waals surface area contributed by atoms with Crippen molar-refractivity contribution in [3.8, 4) is 0 Å². The van der Waals surface area contributed by atoms with Crippen LogP contribution in [0, 0.1) is 0 Å².